The summed E-state index contributed by atoms with van der Waals surface area (Å²) in [5.74, 6) is 1.04. The second-order valence-electron chi connectivity index (χ2n) is 6.90. The summed E-state index contributed by atoms with van der Waals surface area (Å²) in [4.78, 5) is 0. The van der Waals surface area contributed by atoms with Crippen LogP contribution in [0.3, 0.4) is 0 Å². The monoisotopic (exact) mass is 277 g/mol. The molecule has 114 valence electrons. The van der Waals surface area contributed by atoms with E-state index in [0.29, 0.717) is 6.04 Å². The number of aryl methyl sites for hydroxylation is 1. The molecule has 2 nitrogen and oxygen atoms in total. The fraction of sp³-hybridized carbons (Fsp3) is 0.667. The zero-order valence-corrected chi connectivity index (χ0v) is 14.3. The zero-order valence-electron chi connectivity index (χ0n) is 14.3. The Balaban J connectivity index is 3.15. The molecule has 0 radical (unpaired) electrons. The van der Waals surface area contributed by atoms with Crippen molar-refractivity contribution in [3.63, 3.8) is 0 Å². The highest BCUT2D eigenvalue weighted by Gasteiger charge is 2.23. The fourth-order valence-corrected chi connectivity index (χ4v) is 2.58. The van der Waals surface area contributed by atoms with Crippen molar-refractivity contribution in [3.05, 3.63) is 28.8 Å². The van der Waals surface area contributed by atoms with E-state index in [2.05, 4.69) is 59.0 Å². The summed E-state index contributed by atoms with van der Waals surface area (Å²) in [6.07, 6.45) is 2.25. The van der Waals surface area contributed by atoms with Crippen molar-refractivity contribution >= 4 is 0 Å². The van der Waals surface area contributed by atoms with Gasteiger partial charge in [-0.15, -0.1) is 0 Å². The number of nitrogens with one attached hydrogen (secondary N) is 1. The van der Waals surface area contributed by atoms with E-state index in [-0.39, 0.29) is 5.41 Å². The van der Waals surface area contributed by atoms with Crippen molar-refractivity contribution in [2.24, 2.45) is 5.41 Å². The Labute approximate surface area is 124 Å². The molecule has 0 spiro atoms. The van der Waals surface area contributed by atoms with Crippen molar-refractivity contribution in [2.75, 3.05) is 13.7 Å². The quantitative estimate of drug-likeness (QED) is 0.807. The van der Waals surface area contributed by atoms with E-state index >= 15 is 0 Å². The van der Waals surface area contributed by atoms with Crippen LogP contribution >= 0.6 is 0 Å². The molecule has 0 fully saturated rings. The first-order chi connectivity index (χ1) is 9.30. The van der Waals surface area contributed by atoms with E-state index < -0.39 is 0 Å². The smallest absolute Gasteiger partial charge is 0.126 e. The highest BCUT2D eigenvalue weighted by molar-refractivity contribution is 5.46. The highest BCUT2D eigenvalue weighted by atomic mass is 16.5. The molecule has 1 unspecified atom stereocenters. The van der Waals surface area contributed by atoms with Gasteiger partial charge in [0.25, 0.3) is 0 Å². The van der Waals surface area contributed by atoms with Gasteiger partial charge < -0.3 is 10.1 Å². The predicted molar refractivity (Wildman–Crippen MR) is 87.6 cm³/mol. The number of ether oxygens (including phenoxy) is 1. The predicted octanol–water partition coefficient (Wildman–Crippen LogP) is 4.79. The molecule has 0 aromatic heterocycles. The number of hydrogen-bond donors (Lipinski definition) is 1. The maximum Gasteiger partial charge on any atom is 0.126 e. The van der Waals surface area contributed by atoms with Gasteiger partial charge in [0.15, 0.2) is 0 Å². The minimum Gasteiger partial charge on any atom is -0.496 e. The van der Waals surface area contributed by atoms with Gasteiger partial charge in [-0.1, -0.05) is 39.8 Å². The molecule has 2 heteroatoms. The van der Waals surface area contributed by atoms with Gasteiger partial charge in [-0.05, 0) is 49.8 Å². The van der Waals surface area contributed by atoms with E-state index in [4.69, 9.17) is 4.74 Å². The van der Waals surface area contributed by atoms with Crippen molar-refractivity contribution in [3.8, 4) is 5.75 Å². The third-order valence-corrected chi connectivity index (χ3v) is 3.74. The Kier molecular flexibility index (Phi) is 6.07. The van der Waals surface area contributed by atoms with Crippen molar-refractivity contribution in [2.45, 2.75) is 60.4 Å². The Bertz CT molecular complexity index is 432. The van der Waals surface area contributed by atoms with Gasteiger partial charge >= 0.3 is 0 Å². The topological polar surface area (TPSA) is 21.3 Å². The molecule has 0 bridgehead atoms. The summed E-state index contributed by atoms with van der Waals surface area (Å²) < 4.78 is 5.69. The molecule has 20 heavy (non-hydrogen) atoms. The van der Waals surface area contributed by atoms with Gasteiger partial charge in [-0.3, -0.25) is 0 Å². The van der Waals surface area contributed by atoms with E-state index in [1.54, 1.807) is 7.11 Å². The first kappa shape index (κ1) is 17.0. The highest BCUT2D eigenvalue weighted by Crippen LogP contribution is 2.36. The number of benzene rings is 1. The molecule has 1 N–H and O–H groups in total. The Morgan fingerprint density at radius 1 is 1.20 bits per heavy atom. The number of hydrogen-bond acceptors (Lipinski definition) is 2. The van der Waals surface area contributed by atoms with E-state index in [1.165, 1.54) is 16.7 Å². The van der Waals surface area contributed by atoms with Gasteiger partial charge in [0.05, 0.1) is 7.11 Å². The van der Waals surface area contributed by atoms with Gasteiger partial charge in [0.1, 0.15) is 5.75 Å². The molecular formula is C18H31NO. The summed E-state index contributed by atoms with van der Waals surface area (Å²) in [7, 11) is 1.78. The average Bonchev–Trinajstić information content (AvgIpc) is 2.36. The molecule has 0 aliphatic carbocycles. The van der Waals surface area contributed by atoms with Crippen LogP contribution in [-0.2, 0) is 0 Å². The standard InChI is InChI=1S/C18H31NO/c1-8-11-19-16(12-18(4,5)6)15-10-9-13(2)14(3)17(15)20-7/h9-10,16,19H,8,11-12H2,1-7H3. The van der Waals surface area contributed by atoms with Crippen LogP contribution < -0.4 is 10.1 Å². The zero-order chi connectivity index (χ0) is 15.3. The third-order valence-electron chi connectivity index (χ3n) is 3.74. The molecule has 1 aromatic rings. The molecular weight excluding hydrogens is 246 g/mol. The normalized spacial score (nSPS) is 13.3. The molecule has 1 aromatic carbocycles. The van der Waals surface area contributed by atoms with Gasteiger partial charge in [0.2, 0.25) is 0 Å². The van der Waals surface area contributed by atoms with Crippen LogP contribution in [0.4, 0.5) is 0 Å². The lowest BCUT2D eigenvalue weighted by Crippen LogP contribution is -2.27. The van der Waals surface area contributed by atoms with Gasteiger partial charge in [-0.2, -0.15) is 0 Å². The first-order valence-corrected chi connectivity index (χ1v) is 7.67. The van der Waals surface area contributed by atoms with Crippen LogP contribution in [0.25, 0.3) is 0 Å². The summed E-state index contributed by atoms with van der Waals surface area (Å²) >= 11 is 0. The molecule has 0 heterocycles. The van der Waals surface area contributed by atoms with E-state index in [1.807, 2.05) is 0 Å². The Morgan fingerprint density at radius 2 is 1.85 bits per heavy atom. The molecule has 0 aliphatic rings. The van der Waals surface area contributed by atoms with Crippen LogP contribution in [0, 0.1) is 19.3 Å². The second-order valence-corrected chi connectivity index (χ2v) is 6.90. The van der Waals surface area contributed by atoms with Crippen LogP contribution in [-0.4, -0.2) is 13.7 Å². The van der Waals surface area contributed by atoms with E-state index in [9.17, 15) is 0 Å². The first-order valence-electron chi connectivity index (χ1n) is 7.67. The third kappa shape index (κ3) is 4.52. The van der Waals surface area contributed by atoms with Crippen molar-refractivity contribution in [1.82, 2.24) is 5.32 Å². The molecule has 0 amide bonds. The maximum absolute atomic E-state index is 5.69. The molecule has 1 atom stereocenters. The average molecular weight is 277 g/mol. The van der Waals surface area contributed by atoms with Crippen LogP contribution in [0.15, 0.2) is 12.1 Å². The fourth-order valence-electron chi connectivity index (χ4n) is 2.58. The largest absolute Gasteiger partial charge is 0.496 e. The minimum absolute atomic E-state index is 0.287. The summed E-state index contributed by atoms with van der Waals surface area (Å²) in [5.41, 5.74) is 4.12. The SMILES string of the molecule is CCCNC(CC(C)(C)C)c1ccc(C)c(C)c1OC. The maximum atomic E-state index is 5.69. The molecule has 0 saturated carbocycles. The number of rotatable bonds is 6. The Hall–Kier alpha value is -1.02. The second kappa shape index (κ2) is 7.12. The van der Waals surface area contributed by atoms with Crippen LogP contribution in [0.2, 0.25) is 0 Å². The lowest BCUT2D eigenvalue weighted by Gasteiger charge is -2.29. The minimum atomic E-state index is 0.287. The Morgan fingerprint density at radius 3 is 2.35 bits per heavy atom. The molecule has 0 aliphatic heterocycles. The summed E-state index contributed by atoms with van der Waals surface area (Å²) in [6, 6.07) is 4.78. The van der Waals surface area contributed by atoms with Crippen LogP contribution in [0.1, 0.15) is 63.3 Å². The van der Waals surface area contributed by atoms with Gasteiger partial charge in [0, 0.05) is 11.6 Å². The number of methoxy groups -OCH3 is 1. The lowest BCUT2D eigenvalue weighted by atomic mass is 9.84. The molecule has 1 rings (SSSR count). The van der Waals surface area contributed by atoms with Crippen LogP contribution in [0.5, 0.6) is 5.75 Å². The van der Waals surface area contributed by atoms with Crippen molar-refractivity contribution in [1.29, 1.82) is 0 Å². The van der Waals surface area contributed by atoms with E-state index in [0.717, 1.165) is 25.1 Å². The summed E-state index contributed by atoms with van der Waals surface area (Å²) in [5, 5.41) is 3.68. The lowest BCUT2D eigenvalue weighted by molar-refractivity contribution is 0.304. The van der Waals surface area contributed by atoms with Crippen molar-refractivity contribution < 1.29 is 4.74 Å². The van der Waals surface area contributed by atoms with Gasteiger partial charge in [-0.25, -0.2) is 0 Å². The summed E-state index contributed by atoms with van der Waals surface area (Å²) in [6.45, 7) is 14.4. The molecule has 0 saturated heterocycles.